The lowest BCUT2D eigenvalue weighted by Gasteiger charge is -2.02. The topological polar surface area (TPSA) is 12.9 Å². The Kier molecular flexibility index (Phi) is 2.60. The van der Waals surface area contributed by atoms with Crippen molar-refractivity contribution in [2.45, 2.75) is 26.2 Å². The highest BCUT2D eigenvalue weighted by Gasteiger charge is 2.14. The molecule has 0 amide bonds. The molecule has 0 radical (unpaired) electrons. The van der Waals surface area contributed by atoms with Crippen molar-refractivity contribution < 1.29 is 0 Å². The predicted molar refractivity (Wildman–Crippen MR) is 72.0 cm³/mol. The molecule has 1 aliphatic rings. The molecule has 0 saturated heterocycles. The SMILES string of the molecule is Cc1nc(-c2ccc3c(c2)CCC3)c(Br)s1. The lowest BCUT2D eigenvalue weighted by atomic mass is 10.1. The standard InChI is InChI=1S/C13H12BrNS/c1-8-15-12(13(14)16-8)11-6-5-9-3-2-4-10(9)7-11/h5-7H,2-4H2,1H3. The zero-order valence-corrected chi connectivity index (χ0v) is 11.5. The second-order valence-electron chi connectivity index (χ2n) is 4.19. The fourth-order valence-electron chi connectivity index (χ4n) is 2.30. The first kappa shape index (κ1) is 10.5. The van der Waals surface area contributed by atoms with Crippen LogP contribution in [0.1, 0.15) is 22.6 Å². The van der Waals surface area contributed by atoms with E-state index in [1.165, 1.54) is 36.0 Å². The fraction of sp³-hybridized carbons (Fsp3) is 0.308. The van der Waals surface area contributed by atoms with E-state index >= 15 is 0 Å². The van der Waals surface area contributed by atoms with Crippen molar-refractivity contribution in [3.63, 3.8) is 0 Å². The van der Waals surface area contributed by atoms with Crippen molar-refractivity contribution in [3.8, 4) is 11.3 Å². The molecule has 16 heavy (non-hydrogen) atoms. The molecule has 82 valence electrons. The molecule has 0 fully saturated rings. The second kappa shape index (κ2) is 3.97. The van der Waals surface area contributed by atoms with Crippen LogP contribution in [0.4, 0.5) is 0 Å². The van der Waals surface area contributed by atoms with E-state index < -0.39 is 0 Å². The first-order valence-corrected chi connectivity index (χ1v) is 7.10. The van der Waals surface area contributed by atoms with Crippen molar-refractivity contribution in [1.29, 1.82) is 0 Å². The molecule has 1 nitrogen and oxygen atoms in total. The molecule has 1 heterocycles. The van der Waals surface area contributed by atoms with Gasteiger partial charge in [-0.15, -0.1) is 11.3 Å². The molecule has 0 saturated carbocycles. The number of halogens is 1. The van der Waals surface area contributed by atoms with Gasteiger partial charge in [0.15, 0.2) is 0 Å². The number of nitrogens with zero attached hydrogens (tertiary/aromatic N) is 1. The maximum absolute atomic E-state index is 4.58. The highest BCUT2D eigenvalue weighted by molar-refractivity contribution is 9.11. The summed E-state index contributed by atoms with van der Waals surface area (Å²) >= 11 is 5.29. The molecule has 0 aliphatic heterocycles. The molecule has 0 N–H and O–H groups in total. The van der Waals surface area contributed by atoms with Crippen LogP contribution in [0.25, 0.3) is 11.3 Å². The lowest BCUT2D eigenvalue weighted by molar-refractivity contribution is 0.912. The monoisotopic (exact) mass is 293 g/mol. The number of aryl methyl sites for hydroxylation is 3. The summed E-state index contributed by atoms with van der Waals surface area (Å²) in [5.74, 6) is 0. The smallest absolute Gasteiger partial charge is 0.0979 e. The van der Waals surface area contributed by atoms with Gasteiger partial charge in [0, 0.05) is 5.56 Å². The first-order valence-electron chi connectivity index (χ1n) is 5.49. The average molecular weight is 294 g/mol. The second-order valence-corrected chi connectivity index (χ2v) is 6.71. The van der Waals surface area contributed by atoms with Crippen LogP contribution in [0.2, 0.25) is 0 Å². The molecular formula is C13H12BrNS. The van der Waals surface area contributed by atoms with Crippen LogP contribution in [0, 0.1) is 6.92 Å². The van der Waals surface area contributed by atoms with E-state index in [1.54, 1.807) is 11.3 Å². The predicted octanol–water partition coefficient (Wildman–Crippen LogP) is 4.37. The van der Waals surface area contributed by atoms with Crippen LogP contribution in [-0.4, -0.2) is 4.98 Å². The maximum atomic E-state index is 4.58. The van der Waals surface area contributed by atoms with E-state index in [9.17, 15) is 0 Å². The minimum atomic E-state index is 1.09. The lowest BCUT2D eigenvalue weighted by Crippen LogP contribution is -1.85. The largest absolute Gasteiger partial charge is 0.240 e. The Bertz CT molecular complexity index is 545. The Labute approximate surface area is 108 Å². The van der Waals surface area contributed by atoms with Crippen LogP contribution in [0.15, 0.2) is 22.0 Å². The third-order valence-corrected chi connectivity index (χ3v) is 4.69. The molecule has 1 aromatic heterocycles. The zero-order chi connectivity index (χ0) is 11.1. The summed E-state index contributed by atoms with van der Waals surface area (Å²) in [4.78, 5) is 4.58. The number of thiazole rings is 1. The molecule has 3 rings (SSSR count). The molecule has 1 aromatic carbocycles. The van der Waals surface area contributed by atoms with Gasteiger partial charge in [-0.3, -0.25) is 0 Å². The molecule has 0 unspecified atom stereocenters. The van der Waals surface area contributed by atoms with Gasteiger partial charge in [-0.05, 0) is 59.3 Å². The summed E-state index contributed by atoms with van der Waals surface area (Å²) in [6, 6.07) is 6.77. The summed E-state index contributed by atoms with van der Waals surface area (Å²) in [6.07, 6.45) is 3.77. The summed E-state index contributed by atoms with van der Waals surface area (Å²) in [7, 11) is 0. The number of rotatable bonds is 1. The Morgan fingerprint density at radius 1 is 1.25 bits per heavy atom. The maximum Gasteiger partial charge on any atom is 0.0979 e. The Morgan fingerprint density at radius 2 is 2.06 bits per heavy atom. The highest BCUT2D eigenvalue weighted by atomic mass is 79.9. The summed E-state index contributed by atoms with van der Waals surface area (Å²) in [6.45, 7) is 2.05. The van der Waals surface area contributed by atoms with Crippen LogP contribution < -0.4 is 0 Å². The van der Waals surface area contributed by atoms with Crippen molar-refractivity contribution >= 4 is 27.3 Å². The van der Waals surface area contributed by atoms with Crippen LogP contribution in [0.3, 0.4) is 0 Å². The van der Waals surface area contributed by atoms with E-state index in [2.05, 4.69) is 39.1 Å². The summed E-state index contributed by atoms with van der Waals surface area (Å²) < 4.78 is 1.14. The van der Waals surface area contributed by atoms with Gasteiger partial charge in [0.25, 0.3) is 0 Å². The Morgan fingerprint density at radius 3 is 2.81 bits per heavy atom. The molecular weight excluding hydrogens is 282 g/mol. The number of fused-ring (bicyclic) bond motifs is 1. The number of benzene rings is 1. The zero-order valence-electron chi connectivity index (χ0n) is 9.09. The Balaban J connectivity index is 2.10. The van der Waals surface area contributed by atoms with Gasteiger partial charge >= 0.3 is 0 Å². The van der Waals surface area contributed by atoms with E-state index in [-0.39, 0.29) is 0 Å². The van der Waals surface area contributed by atoms with Gasteiger partial charge in [-0.25, -0.2) is 4.98 Å². The molecule has 0 atom stereocenters. The van der Waals surface area contributed by atoms with Gasteiger partial charge in [-0.1, -0.05) is 12.1 Å². The third kappa shape index (κ3) is 1.72. The van der Waals surface area contributed by atoms with Gasteiger partial charge in [0.1, 0.15) is 0 Å². The molecule has 3 heteroatoms. The summed E-state index contributed by atoms with van der Waals surface area (Å²) in [5, 5.41) is 1.11. The van der Waals surface area contributed by atoms with E-state index in [0.717, 1.165) is 14.5 Å². The molecule has 1 aliphatic carbocycles. The number of hydrogen-bond donors (Lipinski definition) is 0. The van der Waals surface area contributed by atoms with Crippen molar-refractivity contribution in [2.75, 3.05) is 0 Å². The van der Waals surface area contributed by atoms with E-state index in [1.807, 2.05) is 6.92 Å². The van der Waals surface area contributed by atoms with Gasteiger partial charge in [0.05, 0.1) is 14.5 Å². The minimum Gasteiger partial charge on any atom is -0.240 e. The molecule has 2 aromatic rings. The fourth-order valence-corrected chi connectivity index (χ4v) is 3.98. The van der Waals surface area contributed by atoms with Crippen LogP contribution in [0.5, 0.6) is 0 Å². The molecule has 0 bridgehead atoms. The summed E-state index contributed by atoms with van der Waals surface area (Å²) in [5.41, 5.74) is 5.37. The van der Waals surface area contributed by atoms with Gasteiger partial charge in [0.2, 0.25) is 0 Å². The Hall–Kier alpha value is -0.670. The van der Waals surface area contributed by atoms with Crippen molar-refractivity contribution in [1.82, 2.24) is 4.98 Å². The highest BCUT2D eigenvalue weighted by Crippen LogP contribution is 2.34. The normalized spacial score (nSPS) is 14.1. The number of aromatic nitrogens is 1. The van der Waals surface area contributed by atoms with Crippen molar-refractivity contribution in [3.05, 3.63) is 38.1 Å². The average Bonchev–Trinajstić information content (AvgIpc) is 2.83. The van der Waals surface area contributed by atoms with E-state index in [0.29, 0.717) is 0 Å². The van der Waals surface area contributed by atoms with Crippen LogP contribution >= 0.6 is 27.3 Å². The van der Waals surface area contributed by atoms with Gasteiger partial charge in [-0.2, -0.15) is 0 Å². The van der Waals surface area contributed by atoms with Crippen molar-refractivity contribution in [2.24, 2.45) is 0 Å². The van der Waals surface area contributed by atoms with Crippen LogP contribution in [-0.2, 0) is 12.8 Å². The molecule has 0 spiro atoms. The van der Waals surface area contributed by atoms with E-state index in [4.69, 9.17) is 0 Å². The quantitative estimate of drug-likeness (QED) is 0.761. The first-order chi connectivity index (χ1) is 7.74. The van der Waals surface area contributed by atoms with Gasteiger partial charge < -0.3 is 0 Å². The third-order valence-electron chi connectivity index (χ3n) is 3.06. The minimum absolute atomic E-state index is 1.09. The number of hydrogen-bond acceptors (Lipinski definition) is 2.